The third-order valence-electron chi connectivity index (χ3n) is 6.71. The number of rotatable bonds is 10. The van der Waals surface area contributed by atoms with Gasteiger partial charge >= 0.3 is 0 Å². The zero-order valence-corrected chi connectivity index (χ0v) is 22.0. The van der Waals surface area contributed by atoms with Crippen LogP contribution >= 0.6 is 11.6 Å². The van der Waals surface area contributed by atoms with Crippen molar-refractivity contribution in [2.24, 2.45) is 5.92 Å². The maximum absolute atomic E-state index is 14.5. The van der Waals surface area contributed by atoms with Crippen molar-refractivity contribution in [3.8, 4) is 5.75 Å². The van der Waals surface area contributed by atoms with Crippen LogP contribution < -0.4 is 10.1 Å². The van der Waals surface area contributed by atoms with E-state index in [-0.39, 0.29) is 24.8 Å². The number of benzene rings is 3. The lowest BCUT2D eigenvalue weighted by atomic mass is 9.85. The molecule has 200 valence electrons. The first-order chi connectivity index (χ1) is 18.3. The molecule has 0 aliphatic carbocycles. The standard InChI is InChI=1S/C30H32ClFN2O4/c1-20(35)33-28(29(36)27-8-5-13-34(30(27)37)18-21-6-3-2-4-7-21)16-23-14-25(32)17-26(15-23)38-19-22-9-11-24(31)12-10-22/h2-4,6-7,9-12,14-15,17,27-29,36H,5,8,13,16,18-19H2,1H3,(H,33,35)/t27-,28-,29+/m0/s1. The van der Waals surface area contributed by atoms with E-state index in [0.717, 1.165) is 17.5 Å². The van der Waals surface area contributed by atoms with E-state index in [0.29, 0.717) is 35.8 Å². The third kappa shape index (κ3) is 7.55. The normalized spacial score (nSPS) is 17.1. The van der Waals surface area contributed by atoms with Gasteiger partial charge < -0.3 is 20.1 Å². The average Bonchev–Trinajstić information content (AvgIpc) is 2.89. The number of aliphatic hydroxyl groups excluding tert-OH is 1. The number of carbonyl (C=O) groups is 2. The summed E-state index contributed by atoms with van der Waals surface area (Å²) in [7, 11) is 0. The molecule has 3 aromatic rings. The second kappa shape index (κ2) is 12.9. The SMILES string of the molecule is CC(=O)N[C@@H](Cc1cc(F)cc(OCc2ccc(Cl)cc2)c1)[C@H](O)[C@@H]1CCCN(Cc2ccccc2)C1=O. The van der Waals surface area contributed by atoms with E-state index in [1.165, 1.54) is 19.1 Å². The van der Waals surface area contributed by atoms with Gasteiger partial charge in [0.05, 0.1) is 18.1 Å². The van der Waals surface area contributed by atoms with Crippen LogP contribution in [0.25, 0.3) is 0 Å². The van der Waals surface area contributed by atoms with Crippen LogP contribution in [0.3, 0.4) is 0 Å². The topological polar surface area (TPSA) is 78.9 Å². The fraction of sp³-hybridized carbons (Fsp3) is 0.333. The fourth-order valence-electron chi connectivity index (χ4n) is 4.87. The molecule has 0 aromatic heterocycles. The molecule has 6 nitrogen and oxygen atoms in total. The first-order valence-electron chi connectivity index (χ1n) is 12.7. The molecule has 0 radical (unpaired) electrons. The number of carbonyl (C=O) groups excluding carboxylic acids is 2. The molecule has 4 rings (SSSR count). The zero-order valence-electron chi connectivity index (χ0n) is 21.3. The summed E-state index contributed by atoms with van der Waals surface area (Å²) in [5.41, 5.74) is 2.43. The van der Waals surface area contributed by atoms with Crippen molar-refractivity contribution in [2.45, 2.75) is 51.5 Å². The van der Waals surface area contributed by atoms with Crippen LogP contribution in [-0.4, -0.2) is 40.5 Å². The van der Waals surface area contributed by atoms with E-state index >= 15 is 0 Å². The maximum atomic E-state index is 14.5. The van der Waals surface area contributed by atoms with Crippen LogP contribution in [0.5, 0.6) is 5.75 Å². The summed E-state index contributed by atoms with van der Waals surface area (Å²) in [6, 6.07) is 20.4. The Hall–Kier alpha value is -3.42. The molecule has 2 amide bonds. The number of piperidine rings is 1. The first-order valence-corrected chi connectivity index (χ1v) is 13.1. The van der Waals surface area contributed by atoms with Gasteiger partial charge in [-0.3, -0.25) is 9.59 Å². The quantitative estimate of drug-likeness (QED) is 0.385. The van der Waals surface area contributed by atoms with Gasteiger partial charge in [-0.05, 0) is 60.2 Å². The molecule has 8 heteroatoms. The molecular weight excluding hydrogens is 507 g/mol. The predicted octanol–water partition coefficient (Wildman–Crippen LogP) is 4.91. The smallest absolute Gasteiger partial charge is 0.228 e. The zero-order chi connectivity index (χ0) is 27.1. The molecule has 3 aromatic carbocycles. The number of nitrogens with one attached hydrogen (secondary N) is 1. The number of likely N-dealkylation sites (tertiary alicyclic amines) is 1. The highest BCUT2D eigenvalue weighted by Gasteiger charge is 2.38. The number of ether oxygens (including phenoxy) is 1. The molecule has 0 bridgehead atoms. The molecule has 2 N–H and O–H groups in total. The lowest BCUT2D eigenvalue weighted by Crippen LogP contribution is -2.53. The molecular formula is C30H32ClFN2O4. The fourth-order valence-corrected chi connectivity index (χ4v) is 5.00. The number of nitrogens with zero attached hydrogens (tertiary/aromatic N) is 1. The molecule has 1 saturated heterocycles. The lowest BCUT2D eigenvalue weighted by Gasteiger charge is -2.37. The Kier molecular flexibility index (Phi) is 9.37. The highest BCUT2D eigenvalue weighted by atomic mass is 35.5. The maximum Gasteiger partial charge on any atom is 0.228 e. The number of aliphatic hydroxyl groups is 1. The number of halogens is 2. The Balaban J connectivity index is 1.46. The van der Waals surface area contributed by atoms with Crippen molar-refractivity contribution in [3.05, 3.63) is 100 Å². The molecule has 1 heterocycles. The van der Waals surface area contributed by atoms with E-state index in [4.69, 9.17) is 16.3 Å². The van der Waals surface area contributed by atoms with E-state index < -0.39 is 23.9 Å². The van der Waals surface area contributed by atoms with Crippen LogP contribution in [-0.2, 0) is 29.2 Å². The summed E-state index contributed by atoms with van der Waals surface area (Å²) in [4.78, 5) is 27.1. The molecule has 0 spiro atoms. The van der Waals surface area contributed by atoms with Gasteiger partial charge in [0.15, 0.2) is 0 Å². The Bertz CT molecular complexity index is 1240. The Morgan fingerprint density at radius 1 is 1.11 bits per heavy atom. The summed E-state index contributed by atoms with van der Waals surface area (Å²) in [6.45, 7) is 2.66. The van der Waals surface area contributed by atoms with E-state index in [1.807, 2.05) is 42.5 Å². The number of hydrogen-bond donors (Lipinski definition) is 2. The van der Waals surface area contributed by atoms with Gasteiger partial charge in [-0.15, -0.1) is 0 Å². The van der Waals surface area contributed by atoms with Crippen molar-refractivity contribution < 1.29 is 23.8 Å². The molecule has 1 aliphatic heterocycles. The second-order valence-corrected chi connectivity index (χ2v) is 10.1. The van der Waals surface area contributed by atoms with Gasteiger partial charge in [-0.1, -0.05) is 54.1 Å². The van der Waals surface area contributed by atoms with Crippen LogP contribution in [0.2, 0.25) is 5.02 Å². The minimum Gasteiger partial charge on any atom is -0.489 e. The minimum absolute atomic E-state index is 0.137. The molecule has 38 heavy (non-hydrogen) atoms. The molecule has 0 saturated carbocycles. The van der Waals surface area contributed by atoms with Gasteiger partial charge in [0.2, 0.25) is 11.8 Å². The molecule has 1 aliphatic rings. The van der Waals surface area contributed by atoms with Crippen LogP contribution in [0.1, 0.15) is 36.5 Å². The van der Waals surface area contributed by atoms with Crippen molar-refractivity contribution in [1.82, 2.24) is 10.2 Å². The summed E-state index contributed by atoms with van der Waals surface area (Å²) in [6.07, 6.45) is 0.264. The summed E-state index contributed by atoms with van der Waals surface area (Å²) < 4.78 is 20.3. The second-order valence-electron chi connectivity index (χ2n) is 9.71. The number of hydrogen-bond acceptors (Lipinski definition) is 4. The van der Waals surface area contributed by atoms with E-state index in [9.17, 15) is 19.1 Å². The lowest BCUT2D eigenvalue weighted by molar-refractivity contribution is -0.145. The van der Waals surface area contributed by atoms with Gasteiger partial charge in [0, 0.05) is 31.1 Å². The molecule has 0 unspecified atom stereocenters. The number of amides is 2. The monoisotopic (exact) mass is 538 g/mol. The van der Waals surface area contributed by atoms with Crippen molar-refractivity contribution in [1.29, 1.82) is 0 Å². The van der Waals surface area contributed by atoms with Crippen LogP contribution in [0, 0.1) is 11.7 Å². The largest absolute Gasteiger partial charge is 0.489 e. The van der Waals surface area contributed by atoms with Gasteiger partial charge in [-0.25, -0.2) is 4.39 Å². The van der Waals surface area contributed by atoms with E-state index in [2.05, 4.69) is 5.32 Å². The Morgan fingerprint density at radius 2 is 1.84 bits per heavy atom. The van der Waals surface area contributed by atoms with E-state index in [1.54, 1.807) is 23.1 Å². The molecule has 1 fully saturated rings. The van der Waals surface area contributed by atoms with Crippen LogP contribution in [0.4, 0.5) is 4.39 Å². The van der Waals surface area contributed by atoms with Gasteiger partial charge in [-0.2, -0.15) is 0 Å². The van der Waals surface area contributed by atoms with Crippen molar-refractivity contribution in [3.63, 3.8) is 0 Å². The van der Waals surface area contributed by atoms with Gasteiger partial charge in [0.1, 0.15) is 18.2 Å². The highest BCUT2D eigenvalue weighted by Crippen LogP contribution is 2.27. The third-order valence-corrected chi connectivity index (χ3v) is 6.96. The minimum atomic E-state index is -1.13. The van der Waals surface area contributed by atoms with Crippen LogP contribution in [0.15, 0.2) is 72.8 Å². The van der Waals surface area contributed by atoms with Crippen molar-refractivity contribution >= 4 is 23.4 Å². The summed E-state index contributed by atoms with van der Waals surface area (Å²) >= 11 is 5.93. The van der Waals surface area contributed by atoms with Gasteiger partial charge in [0.25, 0.3) is 0 Å². The summed E-state index contributed by atoms with van der Waals surface area (Å²) in [5, 5.41) is 14.7. The highest BCUT2D eigenvalue weighted by molar-refractivity contribution is 6.30. The summed E-state index contributed by atoms with van der Waals surface area (Å²) in [5.74, 6) is -1.32. The first kappa shape index (κ1) is 27.6. The molecule has 3 atom stereocenters. The average molecular weight is 539 g/mol. The predicted molar refractivity (Wildman–Crippen MR) is 144 cm³/mol. The Morgan fingerprint density at radius 3 is 2.55 bits per heavy atom. The Labute approximate surface area is 227 Å². The van der Waals surface area contributed by atoms with Crippen molar-refractivity contribution in [2.75, 3.05) is 6.54 Å².